The predicted octanol–water partition coefficient (Wildman–Crippen LogP) is 7.18. The quantitative estimate of drug-likeness (QED) is 0.354. The van der Waals surface area contributed by atoms with Crippen molar-refractivity contribution in [1.29, 1.82) is 0 Å². The second kappa shape index (κ2) is 10.4. The highest BCUT2D eigenvalue weighted by atomic mass is 19.1. The Labute approximate surface area is 187 Å². The van der Waals surface area contributed by atoms with Crippen molar-refractivity contribution >= 4 is 5.97 Å². The van der Waals surface area contributed by atoms with Gasteiger partial charge >= 0.3 is 5.97 Å². The van der Waals surface area contributed by atoms with E-state index in [9.17, 15) is 9.18 Å². The minimum atomic E-state index is -0.497. The number of benzene rings is 1. The van der Waals surface area contributed by atoms with Crippen LogP contribution in [-0.4, -0.2) is 13.1 Å². The average molecular weight is 431 g/mol. The van der Waals surface area contributed by atoms with Gasteiger partial charge in [-0.1, -0.05) is 45.4 Å². The first-order valence-electron chi connectivity index (χ1n) is 12.6. The van der Waals surface area contributed by atoms with Gasteiger partial charge in [-0.05, 0) is 80.2 Å². The maximum absolute atomic E-state index is 14.0. The summed E-state index contributed by atoms with van der Waals surface area (Å²) >= 11 is 0. The summed E-state index contributed by atoms with van der Waals surface area (Å²) in [5, 5.41) is 0. The molecule has 3 nitrogen and oxygen atoms in total. The van der Waals surface area contributed by atoms with Gasteiger partial charge in [0.05, 0.1) is 13.0 Å². The summed E-state index contributed by atoms with van der Waals surface area (Å²) in [5.74, 6) is 3.57. The van der Waals surface area contributed by atoms with E-state index in [0.29, 0.717) is 11.8 Å². The van der Waals surface area contributed by atoms with Crippen molar-refractivity contribution in [2.75, 3.05) is 7.11 Å². The van der Waals surface area contributed by atoms with E-state index in [1.54, 1.807) is 6.07 Å². The highest BCUT2D eigenvalue weighted by Gasteiger charge is 2.43. The molecule has 4 atom stereocenters. The number of carbonyl (C=O) groups excluding carboxylic acids is 1. The van der Waals surface area contributed by atoms with Crippen LogP contribution in [0, 0.1) is 41.3 Å². The Morgan fingerprint density at radius 1 is 1.00 bits per heavy atom. The predicted molar refractivity (Wildman–Crippen MR) is 121 cm³/mol. The number of esters is 1. The molecule has 1 aromatic rings. The van der Waals surface area contributed by atoms with Crippen LogP contribution < -0.4 is 9.47 Å². The highest BCUT2D eigenvalue weighted by Crippen LogP contribution is 2.50. The third-order valence-corrected chi connectivity index (χ3v) is 8.59. The Hall–Kier alpha value is -1.58. The van der Waals surface area contributed by atoms with Crippen LogP contribution in [0.4, 0.5) is 4.39 Å². The summed E-state index contributed by atoms with van der Waals surface area (Å²) in [7, 11) is 1.43. The van der Waals surface area contributed by atoms with E-state index < -0.39 is 5.82 Å². The van der Waals surface area contributed by atoms with Crippen LogP contribution in [0.25, 0.3) is 0 Å². The van der Waals surface area contributed by atoms with Gasteiger partial charge in [-0.15, -0.1) is 0 Å². The van der Waals surface area contributed by atoms with Crippen molar-refractivity contribution in [2.45, 2.75) is 84.0 Å². The molecular formula is C27H39FO3. The molecule has 172 valence electrons. The van der Waals surface area contributed by atoms with Crippen LogP contribution in [0.1, 0.15) is 84.0 Å². The fourth-order valence-corrected chi connectivity index (χ4v) is 6.98. The standard InChI is InChI=1S/C27H39FO3/c1-3-5-18-8-10-19(11-9-18)20-12-14-23-21(16-20)6-4-7-24(23)27(29)31-22-13-15-26(30-2)25(28)17-22/h13,15,17-21,23-24H,3-12,14,16H2,1-2H3. The van der Waals surface area contributed by atoms with Gasteiger partial charge in [0.1, 0.15) is 5.75 Å². The molecule has 0 spiro atoms. The van der Waals surface area contributed by atoms with Crippen molar-refractivity contribution in [1.82, 2.24) is 0 Å². The smallest absolute Gasteiger partial charge is 0.314 e. The van der Waals surface area contributed by atoms with E-state index in [1.165, 1.54) is 77.0 Å². The fourth-order valence-electron chi connectivity index (χ4n) is 6.98. The third-order valence-electron chi connectivity index (χ3n) is 8.59. The van der Waals surface area contributed by atoms with Crippen molar-refractivity contribution in [3.05, 3.63) is 24.0 Å². The Kier molecular flexibility index (Phi) is 7.55. The molecule has 4 unspecified atom stereocenters. The van der Waals surface area contributed by atoms with Crippen molar-refractivity contribution in [3.63, 3.8) is 0 Å². The molecule has 4 rings (SSSR count). The van der Waals surface area contributed by atoms with Gasteiger partial charge < -0.3 is 9.47 Å². The van der Waals surface area contributed by atoms with E-state index in [0.717, 1.165) is 37.0 Å². The minimum absolute atomic E-state index is 0.0369. The van der Waals surface area contributed by atoms with Gasteiger partial charge in [-0.2, -0.15) is 0 Å². The summed E-state index contributed by atoms with van der Waals surface area (Å²) in [6.45, 7) is 2.31. The lowest BCUT2D eigenvalue weighted by atomic mass is 9.59. The molecule has 0 aliphatic heterocycles. The third kappa shape index (κ3) is 5.26. The molecule has 3 saturated carbocycles. The van der Waals surface area contributed by atoms with Crippen molar-refractivity contribution in [3.8, 4) is 11.5 Å². The number of hydrogen-bond acceptors (Lipinski definition) is 3. The molecule has 31 heavy (non-hydrogen) atoms. The molecule has 1 aromatic carbocycles. The zero-order valence-electron chi connectivity index (χ0n) is 19.3. The van der Waals surface area contributed by atoms with Crippen molar-refractivity contribution in [2.24, 2.45) is 35.5 Å². The molecular weight excluding hydrogens is 391 g/mol. The molecule has 0 saturated heterocycles. The molecule has 4 heteroatoms. The van der Waals surface area contributed by atoms with Gasteiger partial charge in [0.15, 0.2) is 11.6 Å². The molecule has 0 amide bonds. The Morgan fingerprint density at radius 3 is 2.48 bits per heavy atom. The maximum Gasteiger partial charge on any atom is 0.314 e. The van der Waals surface area contributed by atoms with E-state index in [1.807, 2.05) is 0 Å². The van der Waals surface area contributed by atoms with Crippen LogP contribution in [0.5, 0.6) is 11.5 Å². The molecule has 3 aliphatic carbocycles. The lowest BCUT2D eigenvalue weighted by Crippen LogP contribution is -2.40. The molecule has 3 fully saturated rings. The van der Waals surface area contributed by atoms with Crippen LogP contribution in [0.2, 0.25) is 0 Å². The second-order valence-corrected chi connectivity index (χ2v) is 10.3. The summed E-state index contributed by atoms with van der Waals surface area (Å²) in [6, 6.07) is 4.39. The van der Waals surface area contributed by atoms with E-state index in [-0.39, 0.29) is 23.4 Å². The second-order valence-electron chi connectivity index (χ2n) is 10.3. The lowest BCUT2D eigenvalue weighted by Gasteiger charge is -2.46. The number of ether oxygens (including phenoxy) is 2. The Morgan fingerprint density at radius 2 is 1.77 bits per heavy atom. The SMILES string of the molecule is CCCC1CCC(C2CCC3C(CCCC3C(=O)Oc3ccc(OC)c(F)c3)C2)CC1. The number of hydrogen-bond donors (Lipinski definition) is 0. The first-order chi connectivity index (χ1) is 15.1. The van der Waals surface area contributed by atoms with Crippen LogP contribution >= 0.6 is 0 Å². The molecule has 0 radical (unpaired) electrons. The average Bonchev–Trinajstić information content (AvgIpc) is 2.79. The van der Waals surface area contributed by atoms with Gasteiger partial charge in [0.2, 0.25) is 0 Å². The monoisotopic (exact) mass is 430 g/mol. The van der Waals surface area contributed by atoms with Gasteiger partial charge in [0, 0.05) is 6.07 Å². The normalized spacial score (nSPS) is 33.4. The minimum Gasteiger partial charge on any atom is -0.494 e. The first kappa shape index (κ1) is 22.6. The maximum atomic E-state index is 14.0. The fraction of sp³-hybridized carbons (Fsp3) is 0.741. The molecule has 0 N–H and O–H groups in total. The van der Waals surface area contributed by atoms with Gasteiger partial charge in [-0.3, -0.25) is 4.79 Å². The number of methoxy groups -OCH3 is 1. The zero-order valence-corrected chi connectivity index (χ0v) is 19.3. The van der Waals surface area contributed by atoms with Crippen molar-refractivity contribution < 1.29 is 18.7 Å². The van der Waals surface area contributed by atoms with E-state index >= 15 is 0 Å². The van der Waals surface area contributed by atoms with Crippen LogP contribution in [-0.2, 0) is 4.79 Å². The van der Waals surface area contributed by atoms with Gasteiger partial charge in [0.25, 0.3) is 0 Å². The summed E-state index contributed by atoms with van der Waals surface area (Å²) in [5.41, 5.74) is 0. The van der Waals surface area contributed by atoms with E-state index in [4.69, 9.17) is 9.47 Å². The highest BCUT2D eigenvalue weighted by molar-refractivity contribution is 5.75. The van der Waals surface area contributed by atoms with E-state index in [2.05, 4.69) is 6.92 Å². The zero-order chi connectivity index (χ0) is 21.8. The molecule has 0 heterocycles. The number of rotatable bonds is 6. The number of carbonyl (C=O) groups is 1. The molecule has 3 aliphatic rings. The summed E-state index contributed by atoms with van der Waals surface area (Å²) in [4.78, 5) is 13.0. The van der Waals surface area contributed by atoms with Crippen LogP contribution in [0.3, 0.4) is 0 Å². The largest absolute Gasteiger partial charge is 0.494 e. The Balaban J connectivity index is 1.33. The molecule has 0 bridgehead atoms. The number of fused-ring (bicyclic) bond motifs is 1. The molecule has 0 aromatic heterocycles. The lowest BCUT2D eigenvalue weighted by molar-refractivity contribution is -0.144. The first-order valence-corrected chi connectivity index (χ1v) is 12.6. The summed E-state index contributed by atoms with van der Waals surface area (Å²) in [6.07, 6.45) is 15.4. The Bertz CT molecular complexity index is 740. The van der Waals surface area contributed by atoms with Gasteiger partial charge in [-0.25, -0.2) is 4.39 Å². The van der Waals surface area contributed by atoms with Crippen LogP contribution in [0.15, 0.2) is 18.2 Å². The topological polar surface area (TPSA) is 35.5 Å². The number of halogens is 1. The summed E-state index contributed by atoms with van der Waals surface area (Å²) < 4.78 is 24.6.